The van der Waals surface area contributed by atoms with E-state index in [1.54, 1.807) is 17.5 Å². The molecule has 1 unspecified atom stereocenters. The molecule has 1 atom stereocenters. The topological polar surface area (TPSA) is 27.1 Å². The van der Waals surface area contributed by atoms with Crippen molar-refractivity contribution < 1.29 is 13.0 Å². The monoisotopic (exact) mass is 442 g/mol. The van der Waals surface area contributed by atoms with Crippen molar-refractivity contribution in [2.45, 2.75) is 19.2 Å². The first-order chi connectivity index (χ1) is 15.5. The van der Waals surface area contributed by atoms with Gasteiger partial charge < -0.3 is 9.30 Å². The number of ether oxygens (including phenoxy) is 1. The number of nitrogens with zero attached hydrogens (tertiary/aromatic N) is 2. The minimum Gasteiger partial charge on any atom is -0.367 e. The minimum absolute atomic E-state index is 0.0242. The molecule has 0 aliphatic carbocycles. The molecule has 0 aliphatic heterocycles. The predicted molar refractivity (Wildman–Crippen MR) is 113 cm³/mol. The fourth-order valence-corrected chi connectivity index (χ4v) is 4.27. The van der Waals surface area contributed by atoms with Crippen LogP contribution in [0.1, 0.15) is 25.4 Å². The molecule has 0 aliphatic rings. The van der Waals surface area contributed by atoms with Gasteiger partial charge in [0.15, 0.2) is 0 Å². The van der Waals surface area contributed by atoms with Crippen LogP contribution in [0.15, 0.2) is 60.4 Å². The number of imidazole rings is 1. The summed E-state index contributed by atoms with van der Waals surface area (Å²) >= 11 is 20.0. The number of aromatic nitrogens is 2. The summed E-state index contributed by atoms with van der Waals surface area (Å²) in [5.41, 5.74) is 0.620. The van der Waals surface area contributed by atoms with Gasteiger partial charge in [-0.15, -0.1) is 11.3 Å². The van der Waals surface area contributed by atoms with E-state index in [1.807, 2.05) is 6.07 Å². The van der Waals surface area contributed by atoms with Crippen LogP contribution in [-0.2, 0) is 17.8 Å². The Morgan fingerprint density at radius 3 is 2.93 bits per heavy atom. The first kappa shape index (κ1) is 12.8. The van der Waals surface area contributed by atoms with Gasteiger partial charge >= 0.3 is 0 Å². The molecule has 2 aromatic heterocycles. The zero-order valence-corrected chi connectivity index (χ0v) is 16.7. The van der Waals surface area contributed by atoms with Crippen molar-refractivity contribution >= 4 is 56.2 Å². The molecule has 4 aromatic rings. The van der Waals surface area contributed by atoms with Crippen LogP contribution in [0.4, 0.5) is 0 Å². The van der Waals surface area contributed by atoms with E-state index >= 15 is 0 Å². The fourth-order valence-electron chi connectivity index (χ4n) is 2.51. The van der Waals surface area contributed by atoms with E-state index < -0.39 is 31.2 Å². The van der Waals surface area contributed by atoms with Gasteiger partial charge in [-0.2, -0.15) is 0 Å². The van der Waals surface area contributed by atoms with Gasteiger partial charge in [-0.25, -0.2) is 4.98 Å². The smallest absolute Gasteiger partial charge is 0.104 e. The van der Waals surface area contributed by atoms with E-state index in [2.05, 4.69) is 4.98 Å². The number of thiophene rings is 1. The highest BCUT2D eigenvalue weighted by molar-refractivity contribution is 7.18. The summed E-state index contributed by atoms with van der Waals surface area (Å²) in [7, 11) is 0. The maximum Gasteiger partial charge on any atom is 0.104 e. The third-order valence-corrected chi connectivity index (χ3v) is 5.81. The number of benzene rings is 2. The highest BCUT2D eigenvalue weighted by Gasteiger charge is 2.18. The number of fused-ring (bicyclic) bond motifs is 1. The van der Waals surface area contributed by atoms with Crippen LogP contribution in [0.2, 0.25) is 15.1 Å². The Bertz CT molecular complexity index is 1360. The average Bonchev–Trinajstić information content (AvgIpc) is 3.27. The molecule has 138 valence electrons. The van der Waals surface area contributed by atoms with Crippen LogP contribution in [-0.4, -0.2) is 9.55 Å². The summed E-state index contributed by atoms with van der Waals surface area (Å²) in [6, 6.07) is 9.55. The lowest BCUT2D eigenvalue weighted by Crippen LogP contribution is -2.12. The van der Waals surface area contributed by atoms with Crippen molar-refractivity contribution in [2.75, 3.05) is 0 Å². The van der Waals surface area contributed by atoms with Crippen LogP contribution in [0.3, 0.4) is 0 Å². The van der Waals surface area contributed by atoms with Crippen molar-refractivity contribution in [3.63, 3.8) is 0 Å². The lowest BCUT2D eigenvalue weighted by Gasteiger charge is -2.20. The zero-order chi connectivity index (χ0) is 24.1. The molecular weight excluding hydrogens is 423 g/mol. The molecule has 3 nitrogen and oxygen atoms in total. The number of halogens is 3. The number of rotatable bonds is 6. The summed E-state index contributed by atoms with van der Waals surface area (Å²) < 4.78 is 57.7. The molecule has 0 N–H and O–H groups in total. The Morgan fingerprint density at radius 1 is 1.26 bits per heavy atom. The Kier molecular flexibility index (Phi) is 3.90. The first-order valence-electron chi connectivity index (χ1n) is 10.7. The van der Waals surface area contributed by atoms with Crippen molar-refractivity contribution in [2.24, 2.45) is 0 Å². The normalized spacial score (nSPS) is 17.4. The van der Waals surface area contributed by atoms with E-state index in [0.717, 1.165) is 10.1 Å². The van der Waals surface area contributed by atoms with Gasteiger partial charge in [0, 0.05) is 28.0 Å². The van der Waals surface area contributed by atoms with Gasteiger partial charge in [-0.1, -0.05) is 53.0 Å². The van der Waals surface area contributed by atoms with Gasteiger partial charge in [-0.3, -0.25) is 0 Å². The van der Waals surface area contributed by atoms with E-state index in [0.29, 0.717) is 15.2 Å². The maximum absolute atomic E-state index is 9.14. The molecule has 0 amide bonds. The van der Waals surface area contributed by atoms with E-state index in [4.69, 9.17) is 47.8 Å². The number of hydrogen-bond donors (Lipinski definition) is 0. The quantitative estimate of drug-likeness (QED) is 0.320. The van der Waals surface area contributed by atoms with Crippen molar-refractivity contribution in [3.05, 3.63) is 86.6 Å². The summed E-state index contributed by atoms with van der Waals surface area (Å²) in [6.45, 7) is -3.04. The summed E-state index contributed by atoms with van der Waals surface area (Å²) in [6.07, 6.45) is -4.48. The molecule has 2 heterocycles. The maximum atomic E-state index is 9.14. The third-order valence-electron chi connectivity index (χ3n) is 3.76. The van der Waals surface area contributed by atoms with E-state index in [9.17, 15) is 0 Å². The molecule has 0 bridgehead atoms. The van der Waals surface area contributed by atoms with Crippen molar-refractivity contribution in [1.82, 2.24) is 9.55 Å². The Morgan fingerprint density at radius 2 is 2.15 bits per heavy atom. The van der Waals surface area contributed by atoms with Crippen LogP contribution in [0.25, 0.3) is 10.1 Å². The van der Waals surface area contributed by atoms with Crippen molar-refractivity contribution in [1.29, 1.82) is 0 Å². The van der Waals surface area contributed by atoms with Crippen molar-refractivity contribution in [3.8, 4) is 0 Å². The van der Waals surface area contributed by atoms with Gasteiger partial charge in [-0.05, 0) is 34.5 Å². The van der Waals surface area contributed by atoms with E-state index in [-0.39, 0.29) is 22.2 Å². The molecule has 27 heavy (non-hydrogen) atoms. The third kappa shape index (κ3) is 4.15. The molecule has 2 aromatic carbocycles. The summed E-state index contributed by atoms with van der Waals surface area (Å²) in [4.78, 5) is 3.54. The molecule has 7 heteroatoms. The molecule has 0 spiro atoms. The Hall–Kier alpha value is -1.56. The highest BCUT2D eigenvalue weighted by atomic mass is 35.5. The highest BCUT2D eigenvalue weighted by Crippen LogP contribution is 2.34. The predicted octanol–water partition coefficient (Wildman–Crippen LogP) is 7.02. The lowest BCUT2D eigenvalue weighted by molar-refractivity contribution is 0.0288. The van der Waals surface area contributed by atoms with Gasteiger partial charge in [0.05, 0.1) is 36.0 Å². The van der Waals surface area contributed by atoms with Crippen LogP contribution in [0.5, 0.6) is 0 Å². The Labute approximate surface area is 184 Å². The standard InChI is InChI=1S/C20H15Cl3N2OS/c21-14-4-5-16(18(23)8-14)19(9-25-7-6-24-12-25)26-10-13-11-27-20-15(13)2-1-3-17(20)22/h1-8,11-12,19H,9-10H2/i6D,7D,9D2,12D,19D. The Balaban J connectivity index is 1.85. The largest absolute Gasteiger partial charge is 0.367 e. The van der Waals surface area contributed by atoms with Gasteiger partial charge in [0.1, 0.15) is 7.45 Å². The van der Waals surface area contributed by atoms with Crippen LogP contribution in [0, 0.1) is 0 Å². The second-order valence-electron chi connectivity index (χ2n) is 5.50. The second-order valence-corrected chi connectivity index (χ2v) is 7.63. The summed E-state index contributed by atoms with van der Waals surface area (Å²) in [5.74, 6) is 0. The fraction of sp³-hybridized carbons (Fsp3) is 0.150. The zero-order valence-electron chi connectivity index (χ0n) is 19.6. The molecule has 0 saturated heterocycles. The summed E-state index contributed by atoms with van der Waals surface area (Å²) in [5, 5.41) is 3.43. The van der Waals surface area contributed by atoms with Gasteiger partial charge in [0.2, 0.25) is 0 Å². The lowest BCUT2D eigenvalue weighted by atomic mass is 10.1. The van der Waals surface area contributed by atoms with E-state index in [1.165, 1.54) is 29.5 Å². The SMILES string of the molecule is [2H]c1nc([2H])n(C([2H])([2H])C([2H])(OCc2csc3c(Cl)cccc23)c2ccc(Cl)cc2Cl)c1[2H]. The molecule has 4 rings (SSSR count). The molecular formula is C20H15Cl3N2OS. The second kappa shape index (κ2) is 8.21. The number of hydrogen-bond acceptors (Lipinski definition) is 3. The minimum atomic E-state index is -2.85. The average molecular weight is 444 g/mol. The van der Waals surface area contributed by atoms with Crippen LogP contribution < -0.4 is 0 Å². The van der Waals surface area contributed by atoms with Crippen LogP contribution >= 0.6 is 46.1 Å². The van der Waals surface area contributed by atoms with Gasteiger partial charge in [0.25, 0.3) is 0 Å². The molecule has 0 saturated carbocycles. The molecule has 0 fully saturated rings. The molecule has 0 radical (unpaired) electrons. The first-order valence-corrected chi connectivity index (χ1v) is 9.76.